The van der Waals surface area contributed by atoms with Crippen LogP contribution in [0.2, 0.25) is 0 Å². The third-order valence-electron chi connectivity index (χ3n) is 1.65. The molecule has 0 saturated heterocycles. The maximum absolute atomic E-state index is 3.34. The maximum atomic E-state index is 3.34. The molecule has 11 heavy (non-hydrogen) atoms. The quantitative estimate of drug-likeness (QED) is 0.640. The molecule has 64 valence electrons. The van der Waals surface area contributed by atoms with E-state index >= 15 is 0 Å². The number of nitrogens with zero attached hydrogens (tertiary/aromatic N) is 1. The summed E-state index contributed by atoms with van der Waals surface area (Å²) in [5.41, 5.74) is 3.34. The van der Waals surface area contributed by atoms with Crippen LogP contribution in [0.1, 0.15) is 26.2 Å². The minimum atomic E-state index is 1.06. The van der Waals surface area contributed by atoms with Gasteiger partial charge in [0.05, 0.1) is 5.88 Å². The standard InChI is InChI=1S/C8H16N2S/c1-2-3-4-5-9-10-6-7-11-8-10/h6-7,9H,2-5,8H2,1H3. The predicted molar refractivity (Wildman–Crippen MR) is 51.0 cm³/mol. The number of thioether (sulfide) groups is 1. The molecule has 0 bridgehead atoms. The minimum Gasteiger partial charge on any atom is -0.305 e. The normalized spacial score (nSPS) is 16.3. The van der Waals surface area contributed by atoms with Gasteiger partial charge >= 0.3 is 0 Å². The Morgan fingerprint density at radius 2 is 2.45 bits per heavy atom. The molecular formula is C8H16N2S. The first kappa shape index (κ1) is 8.94. The molecule has 0 amide bonds. The van der Waals surface area contributed by atoms with E-state index < -0.39 is 0 Å². The molecule has 1 N–H and O–H groups in total. The second-order valence-corrected chi connectivity index (χ2v) is 3.53. The Bertz CT molecular complexity index is 125. The summed E-state index contributed by atoms with van der Waals surface area (Å²) in [6.07, 6.45) is 6.01. The fourth-order valence-electron chi connectivity index (χ4n) is 0.979. The first-order valence-electron chi connectivity index (χ1n) is 4.22. The van der Waals surface area contributed by atoms with E-state index in [0.29, 0.717) is 0 Å². The van der Waals surface area contributed by atoms with Gasteiger partial charge in [0.2, 0.25) is 0 Å². The lowest BCUT2D eigenvalue weighted by Gasteiger charge is -2.15. The average molecular weight is 172 g/mol. The molecule has 2 nitrogen and oxygen atoms in total. The highest BCUT2D eigenvalue weighted by Gasteiger charge is 2.01. The highest BCUT2D eigenvalue weighted by molar-refractivity contribution is 8.02. The summed E-state index contributed by atoms with van der Waals surface area (Å²) in [4.78, 5) is 0. The lowest BCUT2D eigenvalue weighted by Crippen LogP contribution is -2.31. The van der Waals surface area contributed by atoms with Crippen LogP contribution in [0.3, 0.4) is 0 Å². The lowest BCUT2D eigenvalue weighted by molar-refractivity contribution is 0.316. The minimum absolute atomic E-state index is 1.06. The largest absolute Gasteiger partial charge is 0.305 e. The number of hydrazine groups is 1. The summed E-state index contributed by atoms with van der Waals surface area (Å²) in [6, 6.07) is 0. The van der Waals surface area contributed by atoms with E-state index in [0.717, 1.165) is 12.4 Å². The zero-order valence-electron chi connectivity index (χ0n) is 7.05. The van der Waals surface area contributed by atoms with Crippen LogP contribution in [0.5, 0.6) is 0 Å². The van der Waals surface area contributed by atoms with Crippen molar-refractivity contribution >= 4 is 11.8 Å². The Labute approximate surface area is 73.0 Å². The molecule has 0 saturated carbocycles. The third kappa shape index (κ3) is 3.68. The molecule has 0 unspecified atom stereocenters. The first-order chi connectivity index (χ1) is 5.43. The van der Waals surface area contributed by atoms with Crippen LogP contribution in [-0.4, -0.2) is 17.4 Å². The molecule has 1 aliphatic rings. The zero-order chi connectivity index (χ0) is 7.94. The van der Waals surface area contributed by atoms with Gasteiger partial charge in [-0.1, -0.05) is 19.8 Å². The molecule has 0 aromatic rings. The van der Waals surface area contributed by atoms with Gasteiger partial charge in [0.1, 0.15) is 0 Å². The van der Waals surface area contributed by atoms with E-state index in [-0.39, 0.29) is 0 Å². The molecule has 1 aliphatic heterocycles. The highest BCUT2D eigenvalue weighted by Crippen LogP contribution is 2.11. The number of hydrogen-bond donors (Lipinski definition) is 1. The van der Waals surface area contributed by atoms with E-state index in [4.69, 9.17) is 0 Å². The van der Waals surface area contributed by atoms with Crippen LogP contribution in [0.15, 0.2) is 11.6 Å². The van der Waals surface area contributed by atoms with Gasteiger partial charge in [-0.2, -0.15) is 0 Å². The van der Waals surface area contributed by atoms with Crippen molar-refractivity contribution in [1.82, 2.24) is 10.4 Å². The Balaban J connectivity index is 1.90. The van der Waals surface area contributed by atoms with Crippen molar-refractivity contribution in [3.63, 3.8) is 0 Å². The molecule has 1 heterocycles. The van der Waals surface area contributed by atoms with Crippen LogP contribution in [-0.2, 0) is 0 Å². The predicted octanol–water partition coefficient (Wildman–Crippen LogP) is 2.16. The smallest absolute Gasteiger partial charge is 0.0833 e. The fourth-order valence-corrected chi connectivity index (χ4v) is 1.64. The molecule has 0 aromatic heterocycles. The van der Waals surface area contributed by atoms with Crippen molar-refractivity contribution in [2.45, 2.75) is 26.2 Å². The molecule has 0 fully saturated rings. The van der Waals surface area contributed by atoms with Gasteiger partial charge < -0.3 is 5.01 Å². The van der Waals surface area contributed by atoms with E-state index in [9.17, 15) is 0 Å². The van der Waals surface area contributed by atoms with Gasteiger partial charge in [0, 0.05) is 12.7 Å². The molecule has 1 rings (SSSR count). The molecule has 0 radical (unpaired) electrons. The Kier molecular flexibility index (Phi) is 4.47. The van der Waals surface area contributed by atoms with Crippen molar-refractivity contribution < 1.29 is 0 Å². The summed E-state index contributed by atoms with van der Waals surface area (Å²) in [6.45, 7) is 3.34. The third-order valence-corrected chi connectivity index (χ3v) is 2.39. The van der Waals surface area contributed by atoms with E-state index in [1.807, 2.05) is 11.8 Å². The summed E-state index contributed by atoms with van der Waals surface area (Å²) >= 11 is 1.83. The Morgan fingerprint density at radius 1 is 1.55 bits per heavy atom. The molecule has 0 spiro atoms. The molecule has 0 atom stereocenters. The number of unbranched alkanes of at least 4 members (excludes halogenated alkanes) is 2. The summed E-state index contributed by atoms with van der Waals surface area (Å²) < 4.78 is 0. The Hall–Kier alpha value is -0.150. The van der Waals surface area contributed by atoms with Gasteiger partial charge in [-0.15, -0.1) is 11.8 Å². The summed E-state index contributed by atoms with van der Waals surface area (Å²) in [7, 11) is 0. The first-order valence-corrected chi connectivity index (χ1v) is 5.27. The topological polar surface area (TPSA) is 15.3 Å². The van der Waals surface area contributed by atoms with Crippen LogP contribution in [0, 0.1) is 0 Å². The van der Waals surface area contributed by atoms with Crippen LogP contribution in [0.4, 0.5) is 0 Å². The molecular weight excluding hydrogens is 156 g/mol. The van der Waals surface area contributed by atoms with Crippen LogP contribution in [0.25, 0.3) is 0 Å². The summed E-state index contributed by atoms with van der Waals surface area (Å²) in [5, 5.41) is 4.26. The average Bonchev–Trinajstić information content (AvgIpc) is 2.50. The van der Waals surface area contributed by atoms with Gasteiger partial charge in [0.15, 0.2) is 0 Å². The SMILES string of the molecule is CCCCCNN1C=CSC1. The van der Waals surface area contributed by atoms with Gasteiger partial charge in [0.25, 0.3) is 0 Å². The monoisotopic (exact) mass is 172 g/mol. The van der Waals surface area contributed by atoms with Gasteiger partial charge in [-0.3, -0.25) is 0 Å². The van der Waals surface area contributed by atoms with E-state index in [1.165, 1.54) is 19.3 Å². The van der Waals surface area contributed by atoms with Crippen molar-refractivity contribution in [2.75, 3.05) is 12.4 Å². The summed E-state index contributed by atoms with van der Waals surface area (Å²) in [5.74, 6) is 1.06. The van der Waals surface area contributed by atoms with Gasteiger partial charge in [-0.25, -0.2) is 5.43 Å². The maximum Gasteiger partial charge on any atom is 0.0833 e. The van der Waals surface area contributed by atoms with Crippen molar-refractivity contribution in [3.8, 4) is 0 Å². The number of rotatable bonds is 5. The van der Waals surface area contributed by atoms with Crippen LogP contribution < -0.4 is 5.43 Å². The van der Waals surface area contributed by atoms with Crippen molar-refractivity contribution in [3.05, 3.63) is 11.6 Å². The number of hydrogen-bond acceptors (Lipinski definition) is 3. The van der Waals surface area contributed by atoms with Crippen molar-refractivity contribution in [2.24, 2.45) is 0 Å². The molecule has 0 aromatic carbocycles. The number of nitrogens with one attached hydrogen (secondary N) is 1. The second-order valence-electron chi connectivity index (χ2n) is 2.67. The molecule has 0 aliphatic carbocycles. The van der Waals surface area contributed by atoms with Crippen LogP contribution >= 0.6 is 11.8 Å². The van der Waals surface area contributed by atoms with E-state index in [2.05, 4.69) is 29.0 Å². The van der Waals surface area contributed by atoms with Crippen molar-refractivity contribution in [1.29, 1.82) is 0 Å². The molecule has 3 heteroatoms. The zero-order valence-corrected chi connectivity index (χ0v) is 7.86. The fraction of sp³-hybridized carbons (Fsp3) is 0.750. The Morgan fingerprint density at radius 3 is 3.09 bits per heavy atom. The van der Waals surface area contributed by atoms with Gasteiger partial charge in [-0.05, 0) is 11.8 Å². The highest BCUT2D eigenvalue weighted by atomic mass is 32.2. The lowest BCUT2D eigenvalue weighted by atomic mass is 10.2. The second kappa shape index (κ2) is 5.49. The van der Waals surface area contributed by atoms with E-state index in [1.54, 1.807) is 0 Å².